The molecule has 1 heterocycles. The van der Waals surface area contributed by atoms with Crippen molar-refractivity contribution < 1.29 is 17.6 Å². The third kappa shape index (κ3) is 3.43. The molecule has 1 saturated carbocycles. The number of carbonyl (C=O) groups excluding carboxylic acids is 1. The maximum absolute atomic E-state index is 13.9. The Labute approximate surface area is 146 Å². The highest BCUT2D eigenvalue weighted by Crippen LogP contribution is 2.28. The van der Waals surface area contributed by atoms with Crippen molar-refractivity contribution in [2.75, 3.05) is 26.2 Å². The molecule has 1 aliphatic heterocycles. The summed E-state index contributed by atoms with van der Waals surface area (Å²) < 4.78 is 40.4. The number of benzene rings is 1. The Hall–Kier alpha value is -1.18. The smallest absolute Gasteiger partial charge is 0.246 e. The lowest BCUT2D eigenvalue weighted by molar-refractivity contribution is -0.136. The van der Waals surface area contributed by atoms with E-state index in [4.69, 9.17) is 11.6 Å². The molecule has 132 valence electrons. The van der Waals surface area contributed by atoms with Gasteiger partial charge in [-0.2, -0.15) is 4.31 Å². The molecule has 1 saturated heterocycles. The molecule has 0 aromatic heterocycles. The topological polar surface area (TPSA) is 57.7 Å². The minimum atomic E-state index is -3.95. The summed E-state index contributed by atoms with van der Waals surface area (Å²) in [5.41, 5.74) is 0. The first-order valence-electron chi connectivity index (χ1n) is 8.13. The Morgan fingerprint density at radius 2 is 1.75 bits per heavy atom. The number of carbonyl (C=O) groups is 1. The molecule has 2 aliphatic rings. The van der Waals surface area contributed by atoms with Crippen molar-refractivity contribution in [3.05, 3.63) is 29.0 Å². The quantitative estimate of drug-likeness (QED) is 0.816. The van der Waals surface area contributed by atoms with Gasteiger partial charge in [0.25, 0.3) is 0 Å². The first-order valence-corrected chi connectivity index (χ1v) is 9.95. The van der Waals surface area contributed by atoms with E-state index in [1.807, 2.05) is 0 Å². The molecule has 0 atom stereocenters. The van der Waals surface area contributed by atoms with E-state index in [-0.39, 0.29) is 29.9 Å². The van der Waals surface area contributed by atoms with Gasteiger partial charge in [-0.05, 0) is 31.0 Å². The van der Waals surface area contributed by atoms with E-state index in [1.54, 1.807) is 4.90 Å². The number of amides is 1. The Morgan fingerprint density at radius 3 is 2.38 bits per heavy atom. The normalized spacial score (nSPS) is 20.5. The molecule has 0 spiro atoms. The van der Waals surface area contributed by atoms with Crippen LogP contribution in [-0.4, -0.2) is 49.7 Å². The van der Waals surface area contributed by atoms with E-state index < -0.39 is 20.7 Å². The summed E-state index contributed by atoms with van der Waals surface area (Å²) in [6.07, 6.45) is 4.01. The molecule has 1 aromatic carbocycles. The first-order chi connectivity index (χ1) is 11.4. The van der Waals surface area contributed by atoms with Gasteiger partial charge in [0, 0.05) is 37.1 Å². The maximum Gasteiger partial charge on any atom is 0.246 e. The molecule has 0 unspecified atom stereocenters. The maximum atomic E-state index is 13.9. The predicted molar refractivity (Wildman–Crippen MR) is 88.7 cm³/mol. The minimum Gasteiger partial charge on any atom is -0.340 e. The van der Waals surface area contributed by atoms with Crippen LogP contribution < -0.4 is 0 Å². The van der Waals surface area contributed by atoms with Crippen molar-refractivity contribution in [2.24, 2.45) is 5.92 Å². The second-order valence-electron chi connectivity index (χ2n) is 6.29. The third-order valence-electron chi connectivity index (χ3n) is 4.77. The van der Waals surface area contributed by atoms with Crippen LogP contribution in [0.2, 0.25) is 5.02 Å². The van der Waals surface area contributed by atoms with Gasteiger partial charge in [-0.3, -0.25) is 4.79 Å². The van der Waals surface area contributed by atoms with E-state index in [2.05, 4.69) is 0 Å². The van der Waals surface area contributed by atoms with Crippen molar-refractivity contribution in [3.8, 4) is 0 Å². The lowest BCUT2D eigenvalue weighted by Crippen LogP contribution is -2.51. The van der Waals surface area contributed by atoms with Gasteiger partial charge in [-0.25, -0.2) is 12.8 Å². The lowest BCUT2D eigenvalue weighted by Gasteiger charge is -2.35. The fraction of sp³-hybridized carbons (Fsp3) is 0.562. The molecule has 1 amide bonds. The molecule has 0 radical (unpaired) electrons. The molecular weight excluding hydrogens is 355 g/mol. The summed E-state index contributed by atoms with van der Waals surface area (Å²) in [7, 11) is -3.95. The van der Waals surface area contributed by atoms with Gasteiger partial charge in [0.05, 0.1) is 0 Å². The minimum absolute atomic E-state index is 0.0820. The highest BCUT2D eigenvalue weighted by molar-refractivity contribution is 7.89. The van der Waals surface area contributed by atoms with Gasteiger partial charge in [0.1, 0.15) is 10.7 Å². The molecule has 2 fully saturated rings. The number of hydrogen-bond acceptors (Lipinski definition) is 3. The number of piperazine rings is 1. The van der Waals surface area contributed by atoms with Crippen LogP contribution >= 0.6 is 11.6 Å². The van der Waals surface area contributed by atoms with Gasteiger partial charge in [-0.15, -0.1) is 0 Å². The van der Waals surface area contributed by atoms with Crippen molar-refractivity contribution in [1.29, 1.82) is 0 Å². The largest absolute Gasteiger partial charge is 0.340 e. The Balaban J connectivity index is 1.69. The Morgan fingerprint density at radius 1 is 1.12 bits per heavy atom. The fourth-order valence-corrected chi connectivity index (χ4v) is 5.14. The van der Waals surface area contributed by atoms with Crippen LogP contribution in [0.5, 0.6) is 0 Å². The third-order valence-corrected chi connectivity index (χ3v) is 6.91. The average molecular weight is 375 g/mol. The SMILES string of the molecule is O=C(C1CCCC1)N1CCN(S(=O)(=O)c2cc(Cl)ccc2F)CC1. The standard InChI is InChI=1S/C16H20ClFN2O3S/c17-13-5-6-14(18)15(11-13)24(22,23)20-9-7-19(8-10-20)16(21)12-3-1-2-4-12/h5-6,11-12H,1-4,7-10H2. The molecule has 5 nitrogen and oxygen atoms in total. The van der Waals surface area contributed by atoms with Crippen LogP contribution in [0.4, 0.5) is 4.39 Å². The predicted octanol–water partition coefficient (Wildman–Crippen LogP) is 2.50. The van der Waals surface area contributed by atoms with Crippen LogP contribution in [-0.2, 0) is 14.8 Å². The molecule has 24 heavy (non-hydrogen) atoms. The zero-order valence-electron chi connectivity index (χ0n) is 13.2. The number of sulfonamides is 1. The van der Waals surface area contributed by atoms with E-state index in [9.17, 15) is 17.6 Å². The molecule has 0 bridgehead atoms. The molecule has 3 rings (SSSR count). The lowest BCUT2D eigenvalue weighted by atomic mass is 10.1. The van der Waals surface area contributed by atoms with Gasteiger partial charge in [0.2, 0.25) is 15.9 Å². The summed E-state index contributed by atoms with van der Waals surface area (Å²) in [5.74, 6) is -0.610. The second-order valence-corrected chi connectivity index (χ2v) is 8.63. The number of halogens is 2. The summed E-state index contributed by atoms with van der Waals surface area (Å²) >= 11 is 5.80. The van der Waals surface area contributed by atoms with E-state index in [1.165, 1.54) is 10.4 Å². The van der Waals surface area contributed by atoms with Crippen LogP contribution in [0.15, 0.2) is 23.1 Å². The summed E-state index contributed by atoms with van der Waals surface area (Å²) in [6.45, 7) is 1.03. The van der Waals surface area contributed by atoms with E-state index in [0.717, 1.165) is 37.8 Å². The Kier molecular flexibility index (Phi) is 5.13. The summed E-state index contributed by atoms with van der Waals surface area (Å²) in [5, 5.41) is 0.171. The van der Waals surface area contributed by atoms with Gasteiger partial charge in [-0.1, -0.05) is 24.4 Å². The van der Waals surface area contributed by atoms with Crippen molar-refractivity contribution in [1.82, 2.24) is 9.21 Å². The molecular formula is C16H20ClFN2O3S. The zero-order chi connectivity index (χ0) is 17.3. The van der Waals surface area contributed by atoms with Crippen molar-refractivity contribution in [2.45, 2.75) is 30.6 Å². The average Bonchev–Trinajstić information content (AvgIpc) is 3.11. The first kappa shape index (κ1) is 17.6. The highest BCUT2D eigenvalue weighted by atomic mass is 35.5. The van der Waals surface area contributed by atoms with Crippen LogP contribution in [0, 0.1) is 11.7 Å². The van der Waals surface area contributed by atoms with Crippen molar-refractivity contribution in [3.63, 3.8) is 0 Å². The fourth-order valence-electron chi connectivity index (χ4n) is 3.39. The summed E-state index contributed by atoms with van der Waals surface area (Å²) in [6, 6.07) is 3.49. The summed E-state index contributed by atoms with van der Waals surface area (Å²) in [4.78, 5) is 13.7. The van der Waals surface area contributed by atoms with Crippen LogP contribution in [0.1, 0.15) is 25.7 Å². The molecule has 0 N–H and O–H groups in total. The second kappa shape index (κ2) is 6.98. The van der Waals surface area contributed by atoms with E-state index in [0.29, 0.717) is 13.1 Å². The van der Waals surface area contributed by atoms with E-state index >= 15 is 0 Å². The van der Waals surface area contributed by atoms with Crippen LogP contribution in [0.3, 0.4) is 0 Å². The molecule has 8 heteroatoms. The van der Waals surface area contributed by atoms with Crippen LogP contribution in [0.25, 0.3) is 0 Å². The van der Waals surface area contributed by atoms with Gasteiger partial charge < -0.3 is 4.90 Å². The molecule has 1 aliphatic carbocycles. The van der Waals surface area contributed by atoms with Crippen molar-refractivity contribution >= 4 is 27.5 Å². The number of rotatable bonds is 3. The monoisotopic (exact) mass is 374 g/mol. The van der Waals surface area contributed by atoms with Gasteiger partial charge >= 0.3 is 0 Å². The zero-order valence-corrected chi connectivity index (χ0v) is 14.8. The molecule has 1 aromatic rings. The van der Waals surface area contributed by atoms with Gasteiger partial charge in [0.15, 0.2) is 0 Å². The number of hydrogen-bond donors (Lipinski definition) is 0. The Bertz CT molecular complexity index is 727. The highest BCUT2D eigenvalue weighted by Gasteiger charge is 2.34. The number of nitrogens with zero attached hydrogens (tertiary/aromatic N) is 2.